The van der Waals surface area contributed by atoms with Crippen molar-refractivity contribution in [1.29, 1.82) is 0 Å². The molecule has 8 heteroatoms. The molecule has 0 bridgehead atoms. The molecule has 0 aliphatic rings. The molecule has 23 heavy (non-hydrogen) atoms. The smallest absolute Gasteiger partial charge is 0.325 e. The highest BCUT2D eigenvalue weighted by molar-refractivity contribution is 7.85. The number of carboxylic acids is 1. The summed E-state index contributed by atoms with van der Waals surface area (Å²) >= 11 is 0. The molecule has 0 spiro atoms. The number of phenolic OH excluding ortho intramolecular Hbond substituents is 1. The van der Waals surface area contributed by atoms with Crippen molar-refractivity contribution in [3.05, 3.63) is 59.7 Å². The highest BCUT2D eigenvalue weighted by atomic mass is 32.2. The molecular formula is C15H17NO6S. The third-order valence-corrected chi connectivity index (χ3v) is 3.90. The molecule has 0 radical (unpaired) electrons. The molecule has 1 atom stereocenters. The standard InChI is InChI=1S/C8H9NO3.C7H8O3S/c9-7(8(11)12)5-1-3-6(10)4-2-5;1-6-4-2-3-5-7(6)11(8,9)10/h1-4,7,10H,9H2,(H,11,12);2-5H,1H3,(H,8,9,10)/t7-;/m0./s1. The molecule has 0 heterocycles. The molecule has 0 saturated heterocycles. The van der Waals surface area contributed by atoms with E-state index < -0.39 is 22.1 Å². The van der Waals surface area contributed by atoms with Gasteiger partial charge in [-0.25, -0.2) is 0 Å². The van der Waals surface area contributed by atoms with Crippen molar-refractivity contribution in [3.8, 4) is 5.75 Å². The van der Waals surface area contributed by atoms with Crippen molar-refractivity contribution in [2.75, 3.05) is 0 Å². The summed E-state index contributed by atoms with van der Waals surface area (Å²) in [4.78, 5) is 10.4. The number of carboxylic acid groups (broad SMARTS) is 1. The van der Waals surface area contributed by atoms with E-state index in [0.717, 1.165) is 0 Å². The van der Waals surface area contributed by atoms with Crippen LogP contribution in [0.1, 0.15) is 17.2 Å². The summed E-state index contributed by atoms with van der Waals surface area (Å²) < 4.78 is 29.9. The maximum absolute atomic E-state index is 10.6. The zero-order chi connectivity index (χ0) is 17.6. The molecule has 0 aromatic heterocycles. The molecule has 0 saturated carbocycles. The van der Waals surface area contributed by atoms with Gasteiger partial charge in [0.05, 0.1) is 4.90 Å². The van der Waals surface area contributed by atoms with Gasteiger partial charge in [0.2, 0.25) is 0 Å². The maximum atomic E-state index is 10.6. The maximum Gasteiger partial charge on any atom is 0.325 e. The van der Waals surface area contributed by atoms with Gasteiger partial charge < -0.3 is 15.9 Å². The Morgan fingerprint density at radius 1 is 1.09 bits per heavy atom. The summed E-state index contributed by atoms with van der Waals surface area (Å²) in [5.74, 6) is -0.989. The average Bonchev–Trinajstić information content (AvgIpc) is 2.47. The van der Waals surface area contributed by atoms with Crippen LogP contribution < -0.4 is 5.73 Å². The molecule has 2 aromatic carbocycles. The van der Waals surface area contributed by atoms with E-state index in [0.29, 0.717) is 11.1 Å². The lowest BCUT2D eigenvalue weighted by molar-refractivity contribution is -0.138. The van der Waals surface area contributed by atoms with Crippen LogP contribution in [0.3, 0.4) is 0 Å². The largest absolute Gasteiger partial charge is 0.508 e. The Hall–Kier alpha value is -2.42. The topological polar surface area (TPSA) is 138 Å². The van der Waals surface area contributed by atoms with Gasteiger partial charge in [-0.3, -0.25) is 9.35 Å². The van der Waals surface area contributed by atoms with Crippen molar-refractivity contribution in [1.82, 2.24) is 0 Å². The number of hydrogen-bond donors (Lipinski definition) is 4. The van der Waals surface area contributed by atoms with E-state index in [2.05, 4.69) is 0 Å². The number of phenols is 1. The zero-order valence-electron chi connectivity index (χ0n) is 12.2. The van der Waals surface area contributed by atoms with Crippen LogP contribution >= 0.6 is 0 Å². The predicted molar refractivity (Wildman–Crippen MR) is 83.7 cm³/mol. The molecule has 0 aliphatic carbocycles. The van der Waals surface area contributed by atoms with Crippen LogP contribution in [0.25, 0.3) is 0 Å². The van der Waals surface area contributed by atoms with Crippen molar-refractivity contribution in [2.45, 2.75) is 17.9 Å². The number of benzene rings is 2. The summed E-state index contributed by atoms with van der Waals surface area (Å²) in [6, 6.07) is 11.0. The van der Waals surface area contributed by atoms with Crippen molar-refractivity contribution in [2.24, 2.45) is 5.73 Å². The second kappa shape index (κ2) is 7.73. The van der Waals surface area contributed by atoms with Gasteiger partial charge in [0.15, 0.2) is 0 Å². The highest BCUT2D eigenvalue weighted by Crippen LogP contribution is 2.15. The summed E-state index contributed by atoms with van der Waals surface area (Å²) in [5.41, 5.74) is 6.33. The van der Waals surface area contributed by atoms with Crippen molar-refractivity contribution >= 4 is 16.1 Å². The Morgan fingerprint density at radius 3 is 2.00 bits per heavy atom. The van der Waals surface area contributed by atoms with E-state index in [4.69, 9.17) is 20.5 Å². The minimum atomic E-state index is -4.03. The normalized spacial score (nSPS) is 12.0. The fraction of sp³-hybridized carbons (Fsp3) is 0.133. The van der Waals surface area contributed by atoms with Gasteiger partial charge in [0.1, 0.15) is 11.8 Å². The lowest BCUT2D eigenvalue weighted by Crippen LogP contribution is -2.20. The first kappa shape index (κ1) is 18.6. The lowest BCUT2D eigenvalue weighted by Gasteiger charge is -2.05. The Balaban J connectivity index is 0.000000231. The number of rotatable bonds is 3. The lowest BCUT2D eigenvalue weighted by atomic mass is 10.1. The number of aromatic hydroxyl groups is 1. The van der Waals surface area contributed by atoms with Gasteiger partial charge in [-0.2, -0.15) is 8.42 Å². The Kier molecular flexibility index (Phi) is 6.26. The van der Waals surface area contributed by atoms with E-state index in [1.165, 1.54) is 30.3 Å². The molecule has 2 rings (SSSR count). The number of aliphatic carboxylic acids is 1. The first-order valence-corrected chi connectivity index (χ1v) is 7.87. The van der Waals surface area contributed by atoms with Crippen LogP contribution in [0, 0.1) is 6.92 Å². The number of carbonyl (C=O) groups is 1. The van der Waals surface area contributed by atoms with E-state index >= 15 is 0 Å². The number of nitrogens with two attached hydrogens (primary N) is 1. The highest BCUT2D eigenvalue weighted by Gasteiger charge is 2.13. The summed E-state index contributed by atoms with van der Waals surface area (Å²) in [5, 5.41) is 17.4. The summed E-state index contributed by atoms with van der Waals surface area (Å²) in [7, 11) is -4.03. The van der Waals surface area contributed by atoms with Crippen LogP contribution in [0.5, 0.6) is 5.75 Å². The van der Waals surface area contributed by atoms with E-state index in [1.807, 2.05) is 0 Å². The van der Waals surface area contributed by atoms with Crippen molar-refractivity contribution in [3.63, 3.8) is 0 Å². The first-order valence-electron chi connectivity index (χ1n) is 6.43. The van der Waals surface area contributed by atoms with Gasteiger partial charge in [-0.15, -0.1) is 0 Å². The molecule has 0 unspecified atom stereocenters. The molecule has 0 aliphatic heterocycles. The molecule has 0 amide bonds. The van der Waals surface area contributed by atoms with Crippen LogP contribution in [-0.2, 0) is 14.9 Å². The van der Waals surface area contributed by atoms with Gasteiger partial charge in [-0.1, -0.05) is 30.3 Å². The second-order valence-corrected chi connectivity index (χ2v) is 6.04. The Morgan fingerprint density at radius 2 is 1.61 bits per heavy atom. The number of aryl methyl sites for hydroxylation is 1. The molecule has 7 nitrogen and oxygen atoms in total. The molecule has 124 valence electrons. The second-order valence-electron chi connectivity index (χ2n) is 4.65. The van der Waals surface area contributed by atoms with Crippen LogP contribution in [-0.4, -0.2) is 29.2 Å². The molecule has 5 N–H and O–H groups in total. The van der Waals surface area contributed by atoms with E-state index in [9.17, 15) is 13.2 Å². The predicted octanol–water partition coefficient (Wildman–Crippen LogP) is 1.72. The third kappa shape index (κ3) is 5.70. The fourth-order valence-electron chi connectivity index (χ4n) is 1.67. The van der Waals surface area contributed by atoms with Gasteiger partial charge in [-0.05, 0) is 36.2 Å². The van der Waals surface area contributed by atoms with Gasteiger partial charge in [0, 0.05) is 0 Å². The molecule has 2 aromatic rings. The van der Waals surface area contributed by atoms with Crippen LogP contribution in [0.4, 0.5) is 0 Å². The zero-order valence-corrected chi connectivity index (χ0v) is 13.1. The number of hydrogen-bond acceptors (Lipinski definition) is 5. The average molecular weight is 339 g/mol. The Bertz CT molecular complexity index is 771. The van der Waals surface area contributed by atoms with Gasteiger partial charge >= 0.3 is 5.97 Å². The van der Waals surface area contributed by atoms with Crippen molar-refractivity contribution < 1.29 is 28.0 Å². The quantitative estimate of drug-likeness (QED) is 0.624. The fourth-order valence-corrected chi connectivity index (χ4v) is 2.40. The minimum absolute atomic E-state index is 0.0278. The first-order chi connectivity index (χ1) is 10.6. The SMILES string of the molecule is Cc1ccccc1S(=O)(=O)O.N[C@H](C(=O)O)c1ccc(O)cc1. The third-order valence-electron chi connectivity index (χ3n) is 2.89. The monoisotopic (exact) mass is 339 g/mol. The summed E-state index contributed by atoms with van der Waals surface area (Å²) in [6.07, 6.45) is 0. The van der Waals surface area contributed by atoms with Crippen LogP contribution in [0.15, 0.2) is 53.4 Å². The van der Waals surface area contributed by atoms with E-state index in [-0.39, 0.29) is 10.6 Å². The molecule has 0 fully saturated rings. The molecular weight excluding hydrogens is 322 g/mol. The Labute approximate surface area is 133 Å². The van der Waals surface area contributed by atoms with E-state index in [1.54, 1.807) is 25.1 Å². The van der Waals surface area contributed by atoms with Gasteiger partial charge in [0.25, 0.3) is 10.1 Å². The summed E-state index contributed by atoms with van der Waals surface area (Å²) in [6.45, 7) is 1.63. The minimum Gasteiger partial charge on any atom is -0.508 e. The van der Waals surface area contributed by atoms with Crippen LogP contribution in [0.2, 0.25) is 0 Å².